The molecule has 1 unspecified atom stereocenters. The smallest absolute Gasteiger partial charge is 0.262 e. The normalized spacial score (nSPS) is 23.7. The van der Waals surface area contributed by atoms with Gasteiger partial charge < -0.3 is 10.1 Å². The zero-order chi connectivity index (χ0) is 15.0. The summed E-state index contributed by atoms with van der Waals surface area (Å²) in [6, 6.07) is 5.33. The zero-order valence-electron chi connectivity index (χ0n) is 12.6. The number of hydrogen-bond acceptors (Lipinski definition) is 3. The van der Waals surface area contributed by atoms with Crippen molar-refractivity contribution in [2.24, 2.45) is 11.3 Å². The molecule has 21 heavy (non-hydrogen) atoms. The van der Waals surface area contributed by atoms with Gasteiger partial charge in [-0.25, -0.2) is 0 Å². The molecule has 1 fully saturated rings. The van der Waals surface area contributed by atoms with Crippen LogP contribution in [0.1, 0.15) is 49.9 Å². The summed E-state index contributed by atoms with van der Waals surface area (Å²) in [5, 5.41) is 2.76. The summed E-state index contributed by atoms with van der Waals surface area (Å²) in [5.74, 6) is 0.700. The van der Waals surface area contributed by atoms with Crippen molar-refractivity contribution in [3.63, 3.8) is 0 Å². The number of nitrogens with one attached hydrogen (secondary N) is 1. The van der Waals surface area contributed by atoms with E-state index >= 15 is 0 Å². The molecule has 0 aromatic heterocycles. The third kappa shape index (κ3) is 2.67. The topological polar surface area (TPSA) is 55.4 Å². The Balaban J connectivity index is 1.88. The first-order valence-electron chi connectivity index (χ1n) is 7.58. The number of amides is 1. The molecule has 1 N–H and O–H groups in total. The first-order valence-corrected chi connectivity index (χ1v) is 7.58. The molecule has 1 saturated carbocycles. The second-order valence-corrected chi connectivity index (χ2v) is 6.70. The Morgan fingerprint density at radius 1 is 1.33 bits per heavy atom. The molecule has 1 aliphatic carbocycles. The van der Waals surface area contributed by atoms with Gasteiger partial charge in [0.05, 0.1) is 5.69 Å². The number of carbonyl (C=O) groups is 2. The molecular weight excluding hydrogens is 266 g/mol. The summed E-state index contributed by atoms with van der Waals surface area (Å²) in [6.07, 6.45) is 4.36. The van der Waals surface area contributed by atoms with Crippen molar-refractivity contribution in [3.8, 4) is 5.75 Å². The lowest BCUT2D eigenvalue weighted by Crippen LogP contribution is -2.34. The number of hydrogen-bond donors (Lipinski definition) is 1. The minimum absolute atomic E-state index is 0.0376. The van der Waals surface area contributed by atoms with Crippen molar-refractivity contribution in [3.05, 3.63) is 23.8 Å². The molecule has 112 valence electrons. The lowest BCUT2D eigenvalue weighted by molar-refractivity contribution is -0.118. The summed E-state index contributed by atoms with van der Waals surface area (Å²) in [6.45, 7) is 4.39. The number of rotatable bonds is 2. The van der Waals surface area contributed by atoms with Gasteiger partial charge in [0.1, 0.15) is 5.75 Å². The highest BCUT2D eigenvalue weighted by molar-refractivity contribution is 6.02. The van der Waals surface area contributed by atoms with Crippen molar-refractivity contribution in [1.29, 1.82) is 0 Å². The summed E-state index contributed by atoms with van der Waals surface area (Å²) in [7, 11) is 0. The molecule has 1 amide bonds. The van der Waals surface area contributed by atoms with E-state index in [1.165, 1.54) is 6.42 Å². The third-order valence-electron chi connectivity index (χ3n) is 4.72. The molecule has 4 nitrogen and oxygen atoms in total. The predicted octanol–water partition coefficient (Wildman–Crippen LogP) is 3.42. The van der Waals surface area contributed by atoms with E-state index < -0.39 is 0 Å². The molecule has 0 bridgehead atoms. The van der Waals surface area contributed by atoms with Gasteiger partial charge in [0.2, 0.25) is 0 Å². The summed E-state index contributed by atoms with van der Waals surface area (Å²) >= 11 is 0. The molecule has 1 heterocycles. The van der Waals surface area contributed by atoms with Crippen molar-refractivity contribution >= 4 is 17.4 Å². The SMILES string of the molecule is CC1(C)CCCCC1C(=O)c1ccc2c(c1)NC(=O)CO2. The van der Waals surface area contributed by atoms with E-state index in [9.17, 15) is 9.59 Å². The highest BCUT2D eigenvalue weighted by Crippen LogP contribution is 2.42. The monoisotopic (exact) mass is 287 g/mol. The van der Waals surface area contributed by atoms with Crippen molar-refractivity contribution < 1.29 is 14.3 Å². The lowest BCUT2D eigenvalue weighted by atomic mass is 9.66. The van der Waals surface area contributed by atoms with E-state index in [0.717, 1.165) is 19.3 Å². The highest BCUT2D eigenvalue weighted by Gasteiger charge is 2.37. The number of benzene rings is 1. The van der Waals surface area contributed by atoms with E-state index in [-0.39, 0.29) is 29.6 Å². The fourth-order valence-electron chi connectivity index (χ4n) is 3.42. The Morgan fingerprint density at radius 3 is 2.90 bits per heavy atom. The van der Waals surface area contributed by atoms with Crippen LogP contribution in [0.25, 0.3) is 0 Å². The van der Waals surface area contributed by atoms with Crippen LogP contribution in [-0.4, -0.2) is 18.3 Å². The Labute approximate surface area is 124 Å². The molecule has 1 aromatic carbocycles. The second-order valence-electron chi connectivity index (χ2n) is 6.70. The van der Waals surface area contributed by atoms with Crippen LogP contribution in [0, 0.1) is 11.3 Å². The van der Waals surface area contributed by atoms with Crippen LogP contribution < -0.4 is 10.1 Å². The van der Waals surface area contributed by atoms with Gasteiger partial charge in [0.15, 0.2) is 12.4 Å². The molecule has 0 spiro atoms. The van der Waals surface area contributed by atoms with E-state index in [0.29, 0.717) is 17.0 Å². The van der Waals surface area contributed by atoms with Gasteiger partial charge in [-0.1, -0.05) is 26.7 Å². The number of ketones is 1. The molecule has 2 aliphatic rings. The predicted molar refractivity (Wildman–Crippen MR) is 80.6 cm³/mol. The van der Waals surface area contributed by atoms with Gasteiger partial charge in [-0.2, -0.15) is 0 Å². The average Bonchev–Trinajstić information content (AvgIpc) is 2.45. The number of anilines is 1. The van der Waals surface area contributed by atoms with Crippen LogP contribution in [0.2, 0.25) is 0 Å². The minimum atomic E-state index is -0.176. The van der Waals surface area contributed by atoms with Crippen molar-refractivity contribution in [2.75, 3.05) is 11.9 Å². The van der Waals surface area contributed by atoms with Gasteiger partial charge >= 0.3 is 0 Å². The number of carbonyl (C=O) groups excluding carboxylic acids is 2. The molecule has 3 rings (SSSR count). The van der Waals surface area contributed by atoms with Gasteiger partial charge in [0.25, 0.3) is 5.91 Å². The Bertz CT molecular complexity index is 592. The summed E-state index contributed by atoms with van der Waals surface area (Å²) in [5.41, 5.74) is 1.32. The average molecular weight is 287 g/mol. The fourth-order valence-corrected chi connectivity index (χ4v) is 3.42. The number of Topliss-reactive ketones (excluding diaryl/α,β-unsaturated/α-hetero) is 1. The molecular formula is C17H21NO3. The van der Waals surface area contributed by atoms with E-state index in [1.54, 1.807) is 12.1 Å². The maximum absolute atomic E-state index is 12.8. The quantitative estimate of drug-likeness (QED) is 0.848. The maximum Gasteiger partial charge on any atom is 0.262 e. The second kappa shape index (κ2) is 5.17. The van der Waals surface area contributed by atoms with Crippen LogP contribution in [0.5, 0.6) is 5.75 Å². The Morgan fingerprint density at radius 2 is 2.14 bits per heavy atom. The molecule has 4 heteroatoms. The maximum atomic E-state index is 12.8. The fraction of sp³-hybridized carbons (Fsp3) is 0.529. The first kappa shape index (κ1) is 14.1. The van der Waals surface area contributed by atoms with Crippen molar-refractivity contribution in [2.45, 2.75) is 39.5 Å². The van der Waals surface area contributed by atoms with Gasteiger partial charge in [-0.05, 0) is 36.5 Å². The molecule has 1 aromatic rings. The Hall–Kier alpha value is -1.84. The highest BCUT2D eigenvalue weighted by atomic mass is 16.5. The lowest BCUT2D eigenvalue weighted by Gasteiger charge is -2.37. The number of fused-ring (bicyclic) bond motifs is 1. The molecule has 0 radical (unpaired) electrons. The van der Waals surface area contributed by atoms with Crippen LogP contribution >= 0.6 is 0 Å². The van der Waals surface area contributed by atoms with Crippen LogP contribution in [-0.2, 0) is 4.79 Å². The van der Waals surface area contributed by atoms with Gasteiger partial charge in [-0.3, -0.25) is 9.59 Å². The first-order chi connectivity index (χ1) is 9.97. The molecule has 1 atom stereocenters. The van der Waals surface area contributed by atoms with Crippen LogP contribution in [0.3, 0.4) is 0 Å². The standard InChI is InChI=1S/C17H21NO3/c1-17(2)8-4-3-5-12(17)16(20)11-6-7-14-13(9-11)18-15(19)10-21-14/h6-7,9,12H,3-5,8,10H2,1-2H3,(H,18,19). The molecule has 1 aliphatic heterocycles. The Kier molecular flexibility index (Phi) is 3.47. The van der Waals surface area contributed by atoms with E-state index in [2.05, 4.69) is 19.2 Å². The van der Waals surface area contributed by atoms with E-state index in [4.69, 9.17) is 4.74 Å². The minimum Gasteiger partial charge on any atom is -0.482 e. The van der Waals surface area contributed by atoms with E-state index in [1.807, 2.05) is 6.07 Å². The zero-order valence-corrected chi connectivity index (χ0v) is 12.6. The van der Waals surface area contributed by atoms with Crippen LogP contribution in [0.4, 0.5) is 5.69 Å². The summed E-state index contributed by atoms with van der Waals surface area (Å²) in [4.78, 5) is 24.2. The van der Waals surface area contributed by atoms with Gasteiger partial charge in [-0.15, -0.1) is 0 Å². The van der Waals surface area contributed by atoms with Crippen molar-refractivity contribution in [1.82, 2.24) is 0 Å². The summed E-state index contributed by atoms with van der Waals surface area (Å²) < 4.78 is 5.33. The largest absolute Gasteiger partial charge is 0.482 e. The third-order valence-corrected chi connectivity index (χ3v) is 4.72. The van der Waals surface area contributed by atoms with Crippen LogP contribution in [0.15, 0.2) is 18.2 Å². The number of ether oxygens (including phenoxy) is 1. The molecule has 0 saturated heterocycles. The van der Waals surface area contributed by atoms with Gasteiger partial charge in [0, 0.05) is 11.5 Å².